The number of rotatable bonds is 3. The first kappa shape index (κ1) is 12.5. The van der Waals surface area contributed by atoms with Crippen LogP contribution < -0.4 is 5.32 Å². The fraction of sp³-hybridized carbons (Fsp3) is 0.182. The third-order valence-corrected chi connectivity index (χ3v) is 2.48. The molecule has 0 saturated heterocycles. The van der Waals surface area contributed by atoms with Crippen molar-refractivity contribution in [3.8, 4) is 0 Å². The van der Waals surface area contributed by atoms with Gasteiger partial charge in [-0.05, 0) is 30.7 Å². The van der Waals surface area contributed by atoms with Crippen molar-refractivity contribution in [3.05, 3.63) is 44.9 Å². The zero-order valence-corrected chi connectivity index (χ0v) is 11.5. The van der Waals surface area contributed by atoms with Gasteiger partial charge in [-0.15, -0.1) is 0 Å². The lowest BCUT2D eigenvalue weighted by Gasteiger charge is -2.05. The van der Waals surface area contributed by atoms with Crippen molar-refractivity contribution < 1.29 is 4.79 Å². The maximum absolute atomic E-state index is 11.7. The van der Waals surface area contributed by atoms with Crippen LogP contribution in [-0.2, 0) is 0 Å². The summed E-state index contributed by atoms with van der Waals surface area (Å²) in [6.07, 6.45) is 0. The molecule has 0 radical (unpaired) electrons. The number of nitrogens with one attached hydrogen (secondary N) is 1. The zero-order chi connectivity index (χ0) is 11.4. The Bertz CT molecular complexity index is 381. The molecule has 0 bridgehead atoms. The molecular formula is C11H11Br2NO. The first-order valence-corrected chi connectivity index (χ1v) is 5.96. The molecule has 0 atom stereocenters. The summed E-state index contributed by atoms with van der Waals surface area (Å²) in [5.41, 5.74) is 1.70. The maximum Gasteiger partial charge on any atom is 0.251 e. The highest BCUT2D eigenvalue weighted by molar-refractivity contribution is 9.11. The summed E-state index contributed by atoms with van der Waals surface area (Å²) in [5, 5.41) is 2.75. The molecule has 0 aliphatic carbocycles. The van der Waals surface area contributed by atoms with E-state index in [0.717, 1.165) is 14.5 Å². The Morgan fingerprint density at radius 3 is 2.67 bits per heavy atom. The fourth-order valence-corrected chi connectivity index (χ4v) is 1.89. The van der Waals surface area contributed by atoms with Crippen LogP contribution in [0.5, 0.6) is 0 Å². The van der Waals surface area contributed by atoms with Gasteiger partial charge in [0.1, 0.15) is 0 Å². The van der Waals surface area contributed by atoms with Gasteiger partial charge in [0, 0.05) is 21.1 Å². The van der Waals surface area contributed by atoms with Crippen molar-refractivity contribution in [2.45, 2.75) is 6.92 Å². The van der Waals surface area contributed by atoms with E-state index in [9.17, 15) is 4.79 Å². The fourth-order valence-electron chi connectivity index (χ4n) is 1.15. The molecule has 80 valence electrons. The zero-order valence-electron chi connectivity index (χ0n) is 8.31. The van der Waals surface area contributed by atoms with E-state index in [0.29, 0.717) is 12.1 Å². The maximum atomic E-state index is 11.7. The molecule has 0 aliphatic rings. The first-order valence-electron chi connectivity index (χ1n) is 4.37. The number of halogens is 2. The average molecular weight is 333 g/mol. The summed E-state index contributed by atoms with van der Waals surface area (Å²) in [6.45, 7) is 6.03. The Kier molecular flexibility index (Phi) is 4.54. The van der Waals surface area contributed by atoms with Crippen LogP contribution in [0.15, 0.2) is 33.7 Å². The van der Waals surface area contributed by atoms with Crippen LogP contribution in [0.4, 0.5) is 0 Å². The van der Waals surface area contributed by atoms with Crippen LogP contribution in [-0.4, -0.2) is 12.5 Å². The van der Waals surface area contributed by atoms with E-state index in [1.807, 2.05) is 19.1 Å². The number of carbonyl (C=O) groups excluding carboxylic acids is 1. The third-order valence-electron chi connectivity index (χ3n) is 1.75. The van der Waals surface area contributed by atoms with E-state index in [1.54, 1.807) is 6.07 Å². The van der Waals surface area contributed by atoms with Crippen molar-refractivity contribution in [1.82, 2.24) is 5.32 Å². The second-order valence-corrected chi connectivity index (χ2v) is 5.25. The normalized spacial score (nSPS) is 9.80. The number of amides is 1. The summed E-state index contributed by atoms with van der Waals surface area (Å²) in [7, 11) is 0. The predicted molar refractivity (Wildman–Crippen MR) is 69.3 cm³/mol. The highest BCUT2D eigenvalue weighted by atomic mass is 79.9. The summed E-state index contributed by atoms with van der Waals surface area (Å²) in [5.74, 6) is -0.0972. The number of benzene rings is 1. The van der Waals surface area contributed by atoms with E-state index in [4.69, 9.17) is 0 Å². The number of hydrogen-bond donors (Lipinski definition) is 1. The summed E-state index contributed by atoms with van der Waals surface area (Å²) < 4.78 is 1.66. The highest BCUT2D eigenvalue weighted by Gasteiger charge is 2.06. The minimum absolute atomic E-state index is 0.0972. The van der Waals surface area contributed by atoms with Crippen molar-refractivity contribution in [2.24, 2.45) is 0 Å². The average Bonchev–Trinajstić information content (AvgIpc) is 2.12. The number of carbonyl (C=O) groups is 1. The second-order valence-electron chi connectivity index (χ2n) is 3.22. The Labute approximate surface area is 106 Å². The van der Waals surface area contributed by atoms with Gasteiger partial charge in [-0.25, -0.2) is 0 Å². The minimum atomic E-state index is -0.0972. The lowest BCUT2D eigenvalue weighted by Crippen LogP contribution is -2.24. The van der Waals surface area contributed by atoms with Crippen molar-refractivity contribution in [2.75, 3.05) is 6.54 Å². The van der Waals surface area contributed by atoms with Gasteiger partial charge >= 0.3 is 0 Å². The van der Waals surface area contributed by atoms with E-state index in [-0.39, 0.29) is 5.91 Å². The molecular weight excluding hydrogens is 322 g/mol. The molecule has 0 spiro atoms. The summed E-state index contributed by atoms with van der Waals surface area (Å²) in [4.78, 5) is 11.7. The molecule has 0 aromatic heterocycles. The van der Waals surface area contributed by atoms with Gasteiger partial charge in [-0.1, -0.05) is 38.4 Å². The van der Waals surface area contributed by atoms with Crippen LogP contribution in [0.2, 0.25) is 0 Å². The Balaban J connectivity index is 2.77. The molecule has 2 nitrogen and oxygen atoms in total. The Hall–Kier alpha value is -0.610. The van der Waals surface area contributed by atoms with Gasteiger partial charge < -0.3 is 5.32 Å². The monoisotopic (exact) mass is 331 g/mol. The molecule has 1 N–H and O–H groups in total. The quantitative estimate of drug-likeness (QED) is 0.903. The van der Waals surface area contributed by atoms with E-state index < -0.39 is 0 Å². The molecule has 0 unspecified atom stereocenters. The first-order chi connectivity index (χ1) is 6.99. The van der Waals surface area contributed by atoms with Gasteiger partial charge in [0.25, 0.3) is 5.91 Å². The van der Waals surface area contributed by atoms with Gasteiger partial charge in [-0.3, -0.25) is 4.79 Å². The van der Waals surface area contributed by atoms with Crippen molar-refractivity contribution >= 4 is 37.8 Å². The lowest BCUT2D eigenvalue weighted by atomic mass is 10.1. The van der Waals surface area contributed by atoms with Crippen LogP contribution in [0, 0.1) is 6.92 Å². The van der Waals surface area contributed by atoms with Crippen LogP contribution >= 0.6 is 31.9 Å². The highest BCUT2D eigenvalue weighted by Crippen LogP contribution is 2.15. The van der Waals surface area contributed by atoms with Gasteiger partial charge in [0.15, 0.2) is 0 Å². The molecule has 0 saturated carbocycles. The minimum Gasteiger partial charge on any atom is -0.347 e. The van der Waals surface area contributed by atoms with E-state index >= 15 is 0 Å². The van der Waals surface area contributed by atoms with Crippen molar-refractivity contribution in [1.29, 1.82) is 0 Å². The largest absolute Gasteiger partial charge is 0.347 e. The molecule has 0 fully saturated rings. The molecule has 1 amide bonds. The smallest absolute Gasteiger partial charge is 0.251 e. The molecule has 1 rings (SSSR count). The molecule has 0 aliphatic heterocycles. The van der Waals surface area contributed by atoms with Crippen LogP contribution in [0.25, 0.3) is 0 Å². The van der Waals surface area contributed by atoms with Crippen LogP contribution in [0.1, 0.15) is 15.9 Å². The molecule has 1 aromatic carbocycles. The van der Waals surface area contributed by atoms with E-state index in [2.05, 4.69) is 43.8 Å². The van der Waals surface area contributed by atoms with Gasteiger partial charge in [0.05, 0.1) is 0 Å². The summed E-state index contributed by atoms with van der Waals surface area (Å²) >= 11 is 6.54. The SMILES string of the molecule is C=C(Br)CNC(=O)c1cc(C)cc(Br)c1. The Morgan fingerprint density at radius 2 is 2.13 bits per heavy atom. The number of hydrogen-bond acceptors (Lipinski definition) is 1. The number of aryl methyl sites for hydroxylation is 1. The van der Waals surface area contributed by atoms with Crippen molar-refractivity contribution in [3.63, 3.8) is 0 Å². The van der Waals surface area contributed by atoms with Gasteiger partial charge in [0.2, 0.25) is 0 Å². The molecule has 0 heterocycles. The molecule has 1 aromatic rings. The topological polar surface area (TPSA) is 29.1 Å². The summed E-state index contributed by atoms with van der Waals surface area (Å²) in [6, 6.07) is 5.59. The lowest BCUT2D eigenvalue weighted by molar-refractivity contribution is 0.0957. The van der Waals surface area contributed by atoms with Gasteiger partial charge in [-0.2, -0.15) is 0 Å². The third kappa shape index (κ3) is 4.18. The van der Waals surface area contributed by atoms with E-state index in [1.165, 1.54) is 0 Å². The standard InChI is InChI=1S/C11H11Br2NO/c1-7-3-9(5-10(13)4-7)11(15)14-6-8(2)12/h3-5H,2,6H2,1H3,(H,14,15). The molecule has 15 heavy (non-hydrogen) atoms. The Morgan fingerprint density at radius 1 is 1.47 bits per heavy atom. The molecule has 4 heteroatoms. The second kappa shape index (κ2) is 5.47. The predicted octanol–water partition coefficient (Wildman–Crippen LogP) is 3.40. The van der Waals surface area contributed by atoms with Crippen LogP contribution in [0.3, 0.4) is 0 Å².